The minimum atomic E-state index is -4.72. The number of rotatable bonds is 6. The van der Waals surface area contributed by atoms with Crippen LogP contribution in [0.4, 0.5) is 35.0 Å². The van der Waals surface area contributed by atoms with Crippen molar-refractivity contribution in [3.05, 3.63) is 78.6 Å². The Balaban J connectivity index is 1.43. The molecule has 0 unspecified atom stereocenters. The Kier molecular flexibility index (Phi) is 6.83. The van der Waals surface area contributed by atoms with Crippen LogP contribution in [0.1, 0.15) is 19.4 Å². The highest BCUT2D eigenvalue weighted by Crippen LogP contribution is 2.33. The molecule has 4 rings (SSSR count). The van der Waals surface area contributed by atoms with E-state index in [0.717, 1.165) is 11.3 Å². The SMILES string of the molecule is CC1(C)CN(c2ccc(OC(F)(F)F)cc2)CN1Cc1ccncc1NC(=O)Nc1ccccc1. The van der Waals surface area contributed by atoms with Gasteiger partial charge in [0.25, 0.3) is 0 Å². The fourth-order valence-electron chi connectivity index (χ4n) is 4.00. The van der Waals surface area contributed by atoms with Gasteiger partial charge in [-0.3, -0.25) is 9.88 Å². The lowest BCUT2D eigenvalue weighted by atomic mass is 10.0. The number of benzene rings is 2. The van der Waals surface area contributed by atoms with E-state index in [0.29, 0.717) is 31.1 Å². The van der Waals surface area contributed by atoms with Crippen LogP contribution in [0.25, 0.3) is 0 Å². The third kappa shape index (κ3) is 6.42. The molecule has 1 aromatic heterocycles. The lowest BCUT2D eigenvalue weighted by molar-refractivity contribution is -0.274. The predicted octanol–water partition coefficient (Wildman–Crippen LogP) is 5.68. The van der Waals surface area contributed by atoms with Crippen molar-refractivity contribution in [1.29, 1.82) is 0 Å². The number of hydrogen-bond acceptors (Lipinski definition) is 5. The summed E-state index contributed by atoms with van der Waals surface area (Å²) in [6, 6.07) is 16.5. The molecule has 3 aromatic rings. The van der Waals surface area contributed by atoms with Gasteiger partial charge >= 0.3 is 12.4 Å². The van der Waals surface area contributed by atoms with E-state index in [4.69, 9.17) is 0 Å². The van der Waals surface area contributed by atoms with E-state index in [-0.39, 0.29) is 17.3 Å². The van der Waals surface area contributed by atoms with Gasteiger partial charge in [-0.1, -0.05) is 18.2 Å². The number of carbonyl (C=O) groups is 1. The molecule has 0 bridgehead atoms. The number of carbonyl (C=O) groups excluding carboxylic acids is 1. The third-order valence-electron chi connectivity index (χ3n) is 5.76. The monoisotopic (exact) mass is 485 g/mol. The summed E-state index contributed by atoms with van der Waals surface area (Å²) in [5.74, 6) is -0.252. The summed E-state index contributed by atoms with van der Waals surface area (Å²) in [6.07, 6.45) is -1.43. The van der Waals surface area contributed by atoms with Crippen molar-refractivity contribution in [2.24, 2.45) is 0 Å². The molecule has 0 atom stereocenters. The number of nitrogens with one attached hydrogen (secondary N) is 2. The first-order valence-corrected chi connectivity index (χ1v) is 11.0. The molecule has 2 N–H and O–H groups in total. The molecule has 2 aromatic carbocycles. The molecule has 10 heteroatoms. The fourth-order valence-corrected chi connectivity index (χ4v) is 4.00. The second-order valence-electron chi connectivity index (χ2n) is 8.87. The van der Waals surface area contributed by atoms with Crippen LogP contribution in [0.3, 0.4) is 0 Å². The summed E-state index contributed by atoms with van der Waals surface area (Å²) in [4.78, 5) is 21.0. The summed E-state index contributed by atoms with van der Waals surface area (Å²) >= 11 is 0. The second kappa shape index (κ2) is 9.83. The Morgan fingerprint density at radius 2 is 1.77 bits per heavy atom. The number of para-hydroxylation sites is 1. The van der Waals surface area contributed by atoms with Crippen LogP contribution in [0.5, 0.6) is 5.75 Å². The van der Waals surface area contributed by atoms with Crippen LogP contribution in [0.2, 0.25) is 0 Å². The molecule has 0 saturated carbocycles. The Hall–Kier alpha value is -3.79. The van der Waals surface area contributed by atoms with Crippen LogP contribution in [0, 0.1) is 0 Å². The Morgan fingerprint density at radius 1 is 1.06 bits per heavy atom. The molecule has 1 aliphatic rings. The maximum atomic E-state index is 12.5. The van der Waals surface area contributed by atoms with Crippen molar-refractivity contribution in [3.8, 4) is 5.75 Å². The normalized spacial score (nSPS) is 15.6. The Morgan fingerprint density at radius 3 is 2.46 bits per heavy atom. The van der Waals surface area contributed by atoms with E-state index in [1.165, 1.54) is 12.1 Å². The molecular weight excluding hydrogens is 459 g/mol. The van der Waals surface area contributed by atoms with Gasteiger partial charge in [0.1, 0.15) is 5.75 Å². The molecule has 1 fully saturated rings. The highest BCUT2D eigenvalue weighted by atomic mass is 19.4. The molecule has 35 heavy (non-hydrogen) atoms. The molecule has 7 nitrogen and oxygen atoms in total. The van der Waals surface area contributed by atoms with Gasteiger partial charge in [-0.05, 0) is 61.9 Å². The first-order valence-electron chi connectivity index (χ1n) is 11.0. The standard InChI is InChI=1S/C25H26F3N5O2/c1-24(2)16-32(20-8-10-21(11-9-20)35-25(26,27)28)17-33(24)15-18-12-13-29-14-22(18)31-23(34)30-19-6-4-3-5-7-19/h3-14H,15-17H2,1-2H3,(H2,30,31,34). The van der Waals surface area contributed by atoms with Gasteiger partial charge in [0.05, 0.1) is 18.6 Å². The molecule has 1 aliphatic heterocycles. The fraction of sp³-hybridized carbons (Fsp3) is 0.280. The Bertz CT molecular complexity index is 1150. The number of halogens is 3. The number of anilines is 3. The van der Waals surface area contributed by atoms with E-state index in [1.54, 1.807) is 36.7 Å². The molecule has 0 aliphatic carbocycles. The van der Waals surface area contributed by atoms with Crippen molar-refractivity contribution in [2.75, 3.05) is 28.7 Å². The molecule has 2 amide bonds. The van der Waals surface area contributed by atoms with E-state index in [2.05, 4.69) is 44.0 Å². The number of pyridine rings is 1. The molecule has 0 radical (unpaired) electrons. The van der Waals surface area contributed by atoms with E-state index >= 15 is 0 Å². The summed E-state index contributed by atoms with van der Waals surface area (Å²) in [5.41, 5.74) is 2.74. The van der Waals surface area contributed by atoms with Gasteiger partial charge < -0.3 is 20.3 Å². The number of hydrogen-bond donors (Lipinski definition) is 2. The van der Waals surface area contributed by atoms with E-state index in [1.807, 2.05) is 24.3 Å². The summed E-state index contributed by atoms with van der Waals surface area (Å²) in [6.45, 7) is 5.98. The highest BCUT2D eigenvalue weighted by Gasteiger charge is 2.37. The average Bonchev–Trinajstić information content (AvgIpc) is 3.09. The lowest BCUT2D eigenvalue weighted by Crippen LogP contribution is -2.39. The molecule has 1 saturated heterocycles. The number of aromatic nitrogens is 1. The minimum absolute atomic E-state index is 0.228. The van der Waals surface area contributed by atoms with Crippen LogP contribution in [0.15, 0.2) is 73.1 Å². The maximum absolute atomic E-state index is 12.5. The van der Waals surface area contributed by atoms with Crippen molar-refractivity contribution in [1.82, 2.24) is 9.88 Å². The van der Waals surface area contributed by atoms with Gasteiger partial charge in [-0.15, -0.1) is 13.2 Å². The van der Waals surface area contributed by atoms with Crippen molar-refractivity contribution >= 4 is 23.1 Å². The van der Waals surface area contributed by atoms with Crippen molar-refractivity contribution in [3.63, 3.8) is 0 Å². The highest BCUT2D eigenvalue weighted by molar-refractivity contribution is 6.00. The zero-order chi connectivity index (χ0) is 25.1. The van der Waals surface area contributed by atoms with Gasteiger partial charge in [0.15, 0.2) is 0 Å². The molecule has 184 valence electrons. The topological polar surface area (TPSA) is 69.7 Å². The van der Waals surface area contributed by atoms with Gasteiger partial charge in [-0.2, -0.15) is 0 Å². The maximum Gasteiger partial charge on any atom is 0.573 e. The van der Waals surface area contributed by atoms with Crippen molar-refractivity contribution in [2.45, 2.75) is 32.3 Å². The number of urea groups is 1. The minimum Gasteiger partial charge on any atom is -0.406 e. The number of amides is 2. The van der Waals surface area contributed by atoms with Crippen LogP contribution in [-0.2, 0) is 6.54 Å². The molecular formula is C25H26F3N5O2. The molecule has 0 spiro atoms. The Labute approximate surface area is 201 Å². The smallest absolute Gasteiger partial charge is 0.406 e. The van der Waals surface area contributed by atoms with E-state index < -0.39 is 6.36 Å². The number of alkyl halides is 3. The zero-order valence-corrected chi connectivity index (χ0v) is 19.3. The average molecular weight is 486 g/mol. The lowest BCUT2D eigenvalue weighted by Gasteiger charge is -2.30. The second-order valence-corrected chi connectivity index (χ2v) is 8.87. The third-order valence-corrected chi connectivity index (χ3v) is 5.76. The zero-order valence-electron chi connectivity index (χ0n) is 19.3. The van der Waals surface area contributed by atoms with Crippen LogP contribution < -0.4 is 20.3 Å². The quantitative estimate of drug-likeness (QED) is 0.470. The summed E-state index contributed by atoms with van der Waals surface area (Å²) < 4.78 is 41.3. The van der Waals surface area contributed by atoms with Gasteiger partial charge in [-0.25, -0.2) is 4.79 Å². The number of nitrogens with zero attached hydrogens (tertiary/aromatic N) is 3. The van der Waals surface area contributed by atoms with E-state index in [9.17, 15) is 18.0 Å². The number of ether oxygens (including phenoxy) is 1. The molecule has 2 heterocycles. The summed E-state index contributed by atoms with van der Waals surface area (Å²) in [7, 11) is 0. The van der Waals surface area contributed by atoms with Crippen LogP contribution >= 0.6 is 0 Å². The first-order chi connectivity index (χ1) is 16.6. The first kappa shape index (κ1) is 24.3. The predicted molar refractivity (Wildman–Crippen MR) is 128 cm³/mol. The largest absolute Gasteiger partial charge is 0.573 e. The summed E-state index contributed by atoms with van der Waals surface area (Å²) in [5, 5.41) is 5.66. The van der Waals surface area contributed by atoms with Crippen molar-refractivity contribution < 1.29 is 22.7 Å². The van der Waals surface area contributed by atoms with Gasteiger partial charge in [0.2, 0.25) is 0 Å². The van der Waals surface area contributed by atoms with Crippen LogP contribution in [-0.4, -0.2) is 41.0 Å². The van der Waals surface area contributed by atoms with Gasteiger partial charge in [0, 0.05) is 36.2 Å².